The molecule has 5 heteroatoms. The second-order valence-electron chi connectivity index (χ2n) is 6.11. The highest BCUT2D eigenvalue weighted by atomic mass is 35.5. The van der Waals surface area contributed by atoms with Gasteiger partial charge in [0.2, 0.25) is 0 Å². The summed E-state index contributed by atoms with van der Waals surface area (Å²) in [6.45, 7) is 5.01. The van der Waals surface area contributed by atoms with E-state index < -0.39 is 0 Å². The number of hydrogen-bond acceptors (Lipinski definition) is 3. The summed E-state index contributed by atoms with van der Waals surface area (Å²) in [4.78, 5) is 11.9. The first-order chi connectivity index (χ1) is 10.1. The van der Waals surface area contributed by atoms with Crippen LogP contribution in [0.2, 0.25) is 0 Å². The minimum Gasteiger partial charge on any atom is -0.484 e. The molecule has 1 saturated carbocycles. The Bertz CT molecular complexity index is 462. The number of carbonyl (C=O) groups excluding carboxylic acids is 1. The molecule has 1 aromatic carbocycles. The average Bonchev–Trinajstić information content (AvgIpc) is 2.92. The lowest BCUT2D eigenvalue weighted by molar-refractivity contribution is -0.124. The van der Waals surface area contributed by atoms with Gasteiger partial charge in [0.1, 0.15) is 5.75 Å². The molecular weight excluding hydrogens is 300 g/mol. The molecule has 2 rings (SSSR count). The molecule has 3 N–H and O–H groups in total. The quantitative estimate of drug-likeness (QED) is 0.845. The zero-order chi connectivity index (χ0) is 15.2. The number of rotatable bonds is 6. The van der Waals surface area contributed by atoms with Crippen LogP contribution in [0.25, 0.3) is 0 Å². The molecule has 0 aliphatic heterocycles. The molecule has 124 valence electrons. The first-order valence-electron chi connectivity index (χ1n) is 7.82. The molecule has 0 bridgehead atoms. The summed E-state index contributed by atoms with van der Waals surface area (Å²) in [5, 5.41) is 3.04. The number of amides is 1. The van der Waals surface area contributed by atoms with Crippen LogP contribution in [-0.2, 0) is 4.79 Å². The molecule has 1 aromatic rings. The first kappa shape index (κ1) is 18.8. The number of hydrogen-bond donors (Lipinski definition) is 2. The van der Waals surface area contributed by atoms with Crippen molar-refractivity contribution in [3.05, 3.63) is 29.8 Å². The van der Waals surface area contributed by atoms with Crippen molar-refractivity contribution < 1.29 is 9.53 Å². The van der Waals surface area contributed by atoms with Gasteiger partial charge < -0.3 is 15.8 Å². The maximum atomic E-state index is 11.9. The van der Waals surface area contributed by atoms with Crippen LogP contribution >= 0.6 is 12.4 Å². The molecule has 2 atom stereocenters. The van der Waals surface area contributed by atoms with Crippen LogP contribution in [0.4, 0.5) is 0 Å². The van der Waals surface area contributed by atoms with E-state index in [2.05, 4.69) is 19.2 Å². The molecule has 0 saturated heterocycles. The lowest BCUT2D eigenvalue weighted by atomic mass is 10.0. The third kappa shape index (κ3) is 5.18. The van der Waals surface area contributed by atoms with Gasteiger partial charge in [0.25, 0.3) is 5.91 Å². The van der Waals surface area contributed by atoms with Crippen LogP contribution in [0.1, 0.15) is 44.6 Å². The predicted molar refractivity (Wildman–Crippen MR) is 91.6 cm³/mol. The maximum absolute atomic E-state index is 11.9. The van der Waals surface area contributed by atoms with Gasteiger partial charge in [-0.1, -0.05) is 32.4 Å². The summed E-state index contributed by atoms with van der Waals surface area (Å²) in [5.41, 5.74) is 6.99. The number of carbonyl (C=O) groups is 1. The van der Waals surface area contributed by atoms with Crippen molar-refractivity contribution in [2.45, 2.75) is 45.1 Å². The number of nitrogens with two attached hydrogens (primary N) is 1. The number of benzene rings is 1. The van der Waals surface area contributed by atoms with Gasteiger partial charge in [-0.05, 0) is 48.9 Å². The fourth-order valence-electron chi connectivity index (χ4n) is 2.86. The molecule has 22 heavy (non-hydrogen) atoms. The molecule has 1 aliphatic carbocycles. The molecule has 1 fully saturated rings. The van der Waals surface area contributed by atoms with Crippen LogP contribution in [0.15, 0.2) is 24.3 Å². The lowest BCUT2D eigenvalue weighted by Gasteiger charge is -2.19. The largest absolute Gasteiger partial charge is 0.484 e. The Balaban J connectivity index is 0.00000242. The van der Waals surface area contributed by atoms with E-state index in [9.17, 15) is 4.79 Å². The van der Waals surface area contributed by atoms with E-state index in [1.165, 1.54) is 5.56 Å². The van der Waals surface area contributed by atoms with Crippen molar-refractivity contribution in [1.29, 1.82) is 0 Å². The molecule has 1 aliphatic rings. The fraction of sp³-hybridized carbons (Fsp3) is 0.588. The van der Waals surface area contributed by atoms with Crippen LogP contribution < -0.4 is 15.8 Å². The standard InChI is InChI=1S/C17H26N2O2.ClH/c1-12(2)13-6-8-15(9-7-13)21-11-17(20)19-16-5-3-4-14(16)10-18;/h6-9,12,14,16H,3-5,10-11,18H2,1-2H3,(H,19,20);1H. The zero-order valence-electron chi connectivity index (χ0n) is 13.4. The summed E-state index contributed by atoms with van der Waals surface area (Å²) < 4.78 is 5.54. The predicted octanol–water partition coefficient (Wildman–Crippen LogP) is 2.85. The zero-order valence-corrected chi connectivity index (χ0v) is 14.2. The van der Waals surface area contributed by atoms with Crippen LogP contribution in [0, 0.1) is 5.92 Å². The minimum atomic E-state index is -0.0618. The van der Waals surface area contributed by atoms with E-state index in [4.69, 9.17) is 10.5 Å². The molecule has 2 unspecified atom stereocenters. The number of ether oxygens (including phenoxy) is 1. The van der Waals surface area contributed by atoms with Gasteiger partial charge in [0, 0.05) is 6.04 Å². The van der Waals surface area contributed by atoms with Crippen LogP contribution in [0.3, 0.4) is 0 Å². The summed E-state index contributed by atoms with van der Waals surface area (Å²) in [6, 6.07) is 8.13. The van der Waals surface area contributed by atoms with E-state index in [0.29, 0.717) is 18.4 Å². The third-order valence-electron chi connectivity index (χ3n) is 4.22. The SMILES string of the molecule is CC(C)c1ccc(OCC(=O)NC2CCCC2CN)cc1.Cl. The Labute approximate surface area is 139 Å². The average molecular weight is 327 g/mol. The summed E-state index contributed by atoms with van der Waals surface area (Å²) in [6.07, 6.45) is 3.28. The molecule has 0 spiro atoms. The van der Waals surface area contributed by atoms with Gasteiger partial charge in [-0.15, -0.1) is 12.4 Å². The van der Waals surface area contributed by atoms with Crippen molar-refractivity contribution in [1.82, 2.24) is 5.32 Å². The highest BCUT2D eigenvalue weighted by Crippen LogP contribution is 2.24. The summed E-state index contributed by atoms with van der Waals surface area (Å²) >= 11 is 0. The smallest absolute Gasteiger partial charge is 0.258 e. The normalized spacial score (nSPS) is 20.5. The van der Waals surface area contributed by atoms with E-state index in [-0.39, 0.29) is 31.0 Å². The van der Waals surface area contributed by atoms with Crippen molar-refractivity contribution in [3.8, 4) is 5.75 Å². The third-order valence-corrected chi connectivity index (χ3v) is 4.22. The van der Waals surface area contributed by atoms with Gasteiger partial charge in [0.15, 0.2) is 6.61 Å². The Morgan fingerprint density at radius 3 is 2.59 bits per heavy atom. The second kappa shape index (κ2) is 9.01. The van der Waals surface area contributed by atoms with Crippen LogP contribution in [0.5, 0.6) is 5.75 Å². The van der Waals surface area contributed by atoms with Gasteiger partial charge >= 0.3 is 0 Å². The monoisotopic (exact) mass is 326 g/mol. The highest BCUT2D eigenvalue weighted by Gasteiger charge is 2.27. The van der Waals surface area contributed by atoms with Gasteiger partial charge in [-0.3, -0.25) is 4.79 Å². The van der Waals surface area contributed by atoms with E-state index >= 15 is 0 Å². The molecule has 0 heterocycles. The Morgan fingerprint density at radius 2 is 2.00 bits per heavy atom. The molecule has 1 amide bonds. The molecule has 4 nitrogen and oxygen atoms in total. The van der Waals surface area contributed by atoms with Crippen molar-refractivity contribution in [2.24, 2.45) is 11.7 Å². The maximum Gasteiger partial charge on any atom is 0.258 e. The van der Waals surface area contributed by atoms with Crippen molar-refractivity contribution in [2.75, 3.05) is 13.2 Å². The van der Waals surface area contributed by atoms with Crippen LogP contribution in [-0.4, -0.2) is 25.1 Å². The Morgan fingerprint density at radius 1 is 1.32 bits per heavy atom. The topological polar surface area (TPSA) is 64.3 Å². The van der Waals surface area contributed by atoms with Crippen molar-refractivity contribution >= 4 is 18.3 Å². The van der Waals surface area contributed by atoms with E-state index in [1.54, 1.807) is 0 Å². The second-order valence-corrected chi connectivity index (χ2v) is 6.11. The first-order valence-corrected chi connectivity index (χ1v) is 7.82. The molecular formula is C17H27ClN2O2. The van der Waals surface area contributed by atoms with Gasteiger partial charge in [-0.2, -0.15) is 0 Å². The molecule has 0 radical (unpaired) electrons. The van der Waals surface area contributed by atoms with Gasteiger partial charge in [0.05, 0.1) is 0 Å². The van der Waals surface area contributed by atoms with Gasteiger partial charge in [-0.25, -0.2) is 0 Å². The highest BCUT2D eigenvalue weighted by molar-refractivity contribution is 5.85. The lowest BCUT2D eigenvalue weighted by Crippen LogP contribution is -2.42. The Kier molecular flexibility index (Phi) is 7.69. The number of halogens is 1. The van der Waals surface area contributed by atoms with E-state index in [0.717, 1.165) is 25.0 Å². The summed E-state index contributed by atoms with van der Waals surface area (Å²) in [5.74, 6) is 1.59. The van der Waals surface area contributed by atoms with E-state index in [1.807, 2.05) is 24.3 Å². The minimum absolute atomic E-state index is 0. The van der Waals surface area contributed by atoms with Crippen molar-refractivity contribution in [3.63, 3.8) is 0 Å². The fourth-order valence-corrected chi connectivity index (χ4v) is 2.86. The number of nitrogens with one attached hydrogen (secondary N) is 1. The Hall–Kier alpha value is -1.26. The summed E-state index contributed by atoms with van der Waals surface area (Å²) in [7, 11) is 0. The molecule has 0 aromatic heterocycles.